The van der Waals surface area contributed by atoms with Gasteiger partial charge in [-0.15, -0.1) is 0 Å². The summed E-state index contributed by atoms with van der Waals surface area (Å²) in [5.74, 6) is -2.61. The summed E-state index contributed by atoms with van der Waals surface area (Å²) in [6, 6.07) is 3.67. The summed E-state index contributed by atoms with van der Waals surface area (Å²) < 4.78 is 13.0. The Labute approximate surface area is 91.2 Å². The maximum Gasteiger partial charge on any atom is 0.338 e. The lowest BCUT2D eigenvalue weighted by molar-refractivity contribution is -0.117. The Balaban J connectivity index is 2.91. The number of carboxylic acids is 1. The van der Waals surface area contributed by atoms with Crippen molar-refractivity contribution < 1.29 is 19.1 Å². The Morgan fingerprint density at radius 2 is 2.12 bits per heavy atom. The van der Waals surface area contributed by atoms with E-state index in [1.165, 1.54) is 24.3 Å². The van der Waals surface area contributed by atoms with Gasteiger partial charge in [-0.25, -0.2) is 9.18 Å². The number of aromatic carboxylic acids is 1. The van der Waals surface area contributed by atoms with Gasteiger partial charge in [0, 0.05) is 6.42 Å². The molecular formula is C11H10FNO3. The van der Waals surface area contributed by atoms with Crippen molar-refractivity contribution in [2.24, 2.45) is 5.73 Å². The van der Waals surface area contributed by atoms with Crippen LogP contribution in [0.25, 0.3) is 6.08 Å². The monoisotopic (exact) mass is 223 g/mol. The van der Waals surface area contributed by atoms with E-state index in [9.17, 15) is 14.0 Å². The van der Waals surface area contributed by atoms with Crippen LogP contribution in [0.15, 0.2) is 24.3 Å². The molecule has 0 radical (unpaired) electrons. The molecule has 4 nitrogen and oxygen atoms in total. The number of hydrogen-bond donors (Lipinski definition) is 2. The smallest absolute Gasteiger partial charge is 0.338 e. The van der Waals surface area contributed by atoms with Crippen molar-refractivity contribution in [3.8, 4) is 0 Å². The van der Waals surface area contributed by atoms with E-state index >= 15 is 0 Å². The molecule has 1 amide bonds. The second kappa shape index (κ2) is 5.06. The Hall–Kier alpha value is -2.17. The van der Waals surface area contributed by atoms with E-state index in [2.05, 4.69) is 0 Å². The molecule has 0 bridgehead atoms. The lowest BCUT2D eigenvalue weighted by atomic mass is 10.1. The van der Waals surface area contributed by atoms with E-state index in [0.717, 1.165) is 6.07 Å². The average molecular weight is 223 g/mol. The Morgan fingerprint density at radius 1 is 1.44 bits per heavy atom. The number of rotatable bonds is 4. The third-order valence-electron chi connectivity index (χ3n) is 1.85. The largest absolute Gasteiger partial charge is 0.478 e. The van der Waals surface area contributed by atoms with Gasteiger partial charge in [0.1, 0.15) is 5.82 Å². The molecule has 5 heteroatoms. The standard InChI is InChI=1S/C11H10FNO3/c12-9-5-4-7(2-1-3-10(13)14)6-8(9)11(15)16/h1-2,4-6H,3H2,(H2,13,14)(H,15,16). The van der Waals surface area contributed by atoms with Crippen molar-refractivity contribution >= 4 is 18.0 Å². The zero-order chi connectivity index (χ0) is 12.1. The van der Waals surface area contributed by atoms with Crippen molar-refractivity contribution in [2.45, 2.75) is 6.42 Å². The number of nitrogens with two attached hydrogens (primary N) is 1. The minimum atomic E-state index is -1.33. The fraction of sp³-hybridized carbons (Fsp3) is 0.0909. The van der Waals surface area contributed by atoms with Crippen molar-refractivity contribution in [1.29, 1.82) is 0 Å². The van der Waals surface area contributed by atoms with Crippen LogP contribution in [0.1, 0.15) is 22.3 Å². The predicted molar refractivity (Wildman–Crippen MR) is 56.2 cm³/mol. The van der Waals surface area contributed by atoms with Gasteiger partial charge in [0.25, 0.3) is 0 Å². The highest BCUT2D eigenvalue weighted by Crippen LogP contribution is 2.12. The first-order valence-corrected chi connectivity index (χ1v) is 4.48. The fourth-order valence-corrected chi connectivity index (χ4v) is 1.12. The number of carbonyl (C=O) groups is 2. The minimum Gasteiger partial charge on any atom is -0.478 e. The van der Waals surface area contributed by atoms with Gasteiger partial charge in [0.05, 0.1) is 5.56 Å². The van der Waals surface area contributed by atoms with E-state index in [1.54, 1.807) is 0 Å². The maximum absolute atomic E-state index is 13.0. The van der Waals surface area contributed by atoms with Crippen LogP contribution in [0.5, 0.6) is 0 Å². The van der Waals surface area contributed by atoms with Gasteiger partial charge >= 0.3 is 5.97 Å². The molecule has 0 heterocycles. The number of carboxylic acid groups (broad SMARTS) is 1. The molecule has 0 aliphatic heterocycles. The number of hydrogen-bond acceptors (Lipinski definition) is 2. The van der Waals surface area contributed by atoms with Crippen molar-refractivity contribution in [1.82, 2.24) is 0 Å². The summed E-state index contributed by atoms with van der Waals surface area (Å²) in [5, 5.41) is 8.67. The number of amides is 1. The van der Waals surface area contributed by atoms with Crippen LogP contribution in [0.2, 0.25) is 0 Å². The normalized spacial score (nSPS) is 10.6. The van der Waals surface area contributed by atoms with Gasteiger partial charge in [-0.05, 0) is 17.7 Å². The summed E-state index contributed by atoms with van der Waals surface area (Å²) in [7, 11) is 0. The number of halogens is 1. The van der Waals surface area contributed by atoms with Crippen molar-refractivity contribution in [3.05, 3.63) is 41.2 Å². The third-order valence-corrected chi connectivity index (χ3v) is 1.85. The summed E-state index contributed by atoms with van der Waals surface area (Å²) in [5.41, 5.74) is 5.01. The number of benzene rings is 1. The number of carbonyl (C=O) groups excluding carboxylic acids is 1. The van der Waals surface area contributed by atoms with Crippen LogP contribution in [0.4, 0.5) is 4.39 Å². The highest BCUT2D eigenvalue weighted by atomic mass is 19.1. The lowest BCUT2D eigenvalue weighted by Gasteiger charge is -1.99. The molecule has 1 rings (SSSR count). The second-order valence-electron chi connectivity index (χ2n) is 3.12. The van der Waals surface area contributed by atoms with E-state index in [-0.39, 0.29) is 6.42 Å². The van der Waals surface area contributed by atoms with Crippen LogP contribution < -0.4 is 5.73 Å². The Morgan fingerprint density at radius 3 is 2.69 bits per heavy atom. The molecule has 0 saturated heterocycles. The number of primary amides is 1. The quantitative estimate of drug-likeness (QED) is 0.809. The molecule has 3 N–H and O–H groups in total. The first-order chi connectivity index (χ1) is 7.50. The molecule has 1 aromatic rings. The van der Waals surface area contributed by atoms with Gasteiger partial charge in [0.2, 0.25) is 5.91 Å². The van der Waals surface area contributed by atoms with Crippen molar-refractivity contribution in [2.75, 3.05) is 0 Å². The molecule has 84 valence electrons. The summed E-state index contributed by atoms with van der Waals surface area (Å²) in [4.78, 5) is 21.1. The van der Waals surface area contributed by atoms with Crippen LogP contribution >= 0.6 is 0 Å². The van der Waals surface area contributed by atoms with Crippen molar-refractivity contribution in [3.63, 3.8) is 0 Å². The fourth-order valence-electron chi connectivity index (χ4n) is 1.12. The first kappa shape index (κ1) is 11.9. The molecular weight excluding hydrogens is 213 g/mol. The van der Waals surface area contributed by atoms with E-state index in [1.807, 2.05) is 0 Å². The molecule has 16 heavy (non-hydrogen) atoms. The zero-order valence-electron chi connectivity index (χ0n) is 8.31. The SMILES string of the molecule is NC(=O)CC=Cc1ccc(F)c(C(=O)O)c1. The first-order valence-electron chi connectivity index (χ1n) is 4.48. The highest BCUT2D eigenvalue weighted by molar-refractivity contribution is 5.88. The van der Waals surface area contributed by atoms with Gasteiger partial charge < -0.3 is 10.8 Å². The molecule has 0 aliphatic carbocycles. The molecule has 0 aliphatic rings. The predicted octanol–water partition coefficient (Wildman–Crippen LogP) is 1.41. The Kier molecular flexibility index (Phi) is 3.77. The molecule has 1 aromatic carbocycles. The van der Waals surface area contributed by atoms with Crippen LogP contribution in [0.3, 0.4) is 0 Å². The molecule has 0 saturated carbocycles. The molecule has 0 aromatic heterocycles. The summed E-state index contributed by atoms with van der Waals surface area (Å²) in [6.07, 6.45) is 3.05. The van der Waals surface area contributed by atoms with Crippen LogP contribution in [0, 0.1) is 5.82 Å². The summed E-state index contributed by atoms with van der Waals surface area (Å²) >= 11 is 0. The summed E-state index contributed by atoms with van der Waals surface area (Å²) in [6.45, 7) is 0. The molecule has 0 fully saturated rings. The van der Waals surface area contributed by atoms with E-state index < -0.39 is 23.3 Å². The van der Waals surface area contributed by atoms with Gasteiger partial charge in [0.15, 0.2) is 0 Å². The Bertz CT molecular complexity index is 455. The van der Waals surface area contributed by atoms with Gasteiger partial charge in [-0.3, -0.25) is 4.79 Å². The molecule has 0 unspecified atom stereocenters. The van der Waals surface area contributed by atoms with Gasteiger partial charge in [-0.1, -0.05) is 18.2 Å². The van der Waals surface area contributed by atoms with Crippen LogP contribution in [-0.4, -0.2) is 17.0 Å². The third kappa shape index (κ3) is 3.20. The van der Waals surface area contributed by atoms with Crippen LogP contribution in [-0.2, 0) is 4.79 Å². The average Bonchev–Trinajstić information content (AvgIpc) is 2.19. The lowest BCUT2D eigenvalue weighted by Crippen LogP contribution is -2.07. The van der Waals surface area contributed by atoms with E-state index in [0.29, 0.717) is 5.56 Å². The van der Waals surface area contributed by atoms with Gasteiger partial charge in [-0.2, -0.15) is 0 Å². The van der Waals surface area contributed by atoms with E-state index in [4.69, 9.17) is 10.8 Å². The minimum absolute atomic E-state index is 0.0553. The molecule has 0 atom stereocenters. The molecule has 0 spiro atoms. The zero-order valence-corrected chi connectivity index (χ0v) is 8.31. The second-order valence-corrected chi connectivity index (χ2v) is 3.12. The topological polar surface area (TPSA) is 80.4 Å². The maximum atomic E-state index is 13.0. The highest BCUT2D eigenvalue weighted by Gasteiger charge is 2.09.